The second-order valence-electron chi connectivity index (χ2n) is 4.68. The lowest BCUT2D eigenvalue weighted by molar-refractivity contribution is 0.0905. The highest BCUT2D eigenvalue weighted by Crippen LogP contribution is 2.23. The normalized spacial score (nSPS) is 23.6. The third-order valence-electron chi connectivity index (χ3n) is 3.27. The van der Waals surface area contributed by atoms with Crippen LogP contribution in [0.5, 0.6) is 0 Å². The Labute approximate surface area is 104 Å². The fourth-order valence-corrected chi connectivity index (χ4v) is 2.14. The molecule has 1 amide bonds. The van der Waals surface area contributed by atoms with Gasteiger partial charge in [-0.3, -0.25) is 9.59 Å². The van der Waals surface area contributed by atoms with Crippen LogP contribution < -0.4 is 10.9 Å². The van der Waals surface area contributed by atoms with Crippen molar-refractivity contribution in [1.82, 2.24) is 15.3 Å². The van der Waals surface area contributed by atoms with Crippen LogP contribution in [0, 0.1) is 5.92 Å². The van der Waals surface area contributed by atoms with E-state index in [2.05, 4.69) is 15.3 Å². The molecule has 6 nitrogen and oxygen atoms in total. The average molecular weight is 251 g/mol. The molecule has 1 aliphatic rings. The minimum absolute atomic E-state index is 0.183. The number of aliphatic hydroxyl groups is 1. The average Bonchev–Trinajstić information content (AvgIpc) is 2.38. The van der Waals surface area contributed by atoms with E-state index in [0.29, 0.717) is 12.5 Å². The molecular formula is C12H17N3O3. The van der Waals surface area contributed by atoms with Crippen LogP contribution in [0.1, 0.15) is 36.2 Å². The van der Waals surface area contributed by atoms with Crippen LogP contribution in [0.25, 0.3) is 0 Å². The van der Waals surface area contributed by atoms with Crippen molar-refractivity contribution in [3.8, 4) is 0 Å². The van der Waals surface area contributed by atoms with Gasteiger partial charge in [0.15, 0.2) is 0 Å². The molecule has 0 radical (unpaired) electrons. The fraction of sp³-hybridized carbons (Fsp3) is 0.583. The standard InChI is InChI=1S/C12H17N3O3/c16-9-3-1-8(2-4-9)5-15-12(18)10-6-14-11(17)7-13-10/h6-9,16H,1-5H2,(H,14,17)(H,15,18). The summed E-state index contributed by atoms with van der Waals surface area (Å²) < 4.78 is 0. The molecule has 3 N–H and O–H groups in total. The lowest BCUT2D eigenvalue weighted by atomic mass is 9.87. The van der Waals surface area contributed by atoms with Crippen LogP contribution in [-0.4, -0.2) is 33.6 Å². The third-order valence-corrected chi connectivity index (χ3v) is 3.27. The van der Waals surface area contributed by atoms with Gasteiger partial charge in [-0.2, -0.15) is 0 Å². The fourth-order valence-electron chi connectivity index (χ4n) is 2.14. The lowest BCUT2D eigenvalue weighted by Gasteiger charge is -2.25. The molecule has 98 valence electrons. The van der Waals surface area contributed by atoms with Crippen molar-refractivity contribution in [2.24, 2.45) is 5.92 Å². The largest absolute Gasteiger partial charge is 0.393 e. The van der Waals surface area contributed by atoms with Gasteiger partial charge in [0.1, 0.15) is 5.69 Å². The van der Waals surface area contributed by atoms with E-state index in [1.54, 1.807) is 0 Å². The second-order valence-corrected chi connectivity index (χ2v) is 4.68. The van der Waals surface area contributed by atoms with Gasteiger partial charge in [0.05, 0.1) is 12.3 Å². The number of aliphatic hydroxyl groups excluding tert-OH is 1. The van der Waals surface area contributed by atoms with Crippen LogP contribution in [0.3, 0.4) is 0 Å². The van der Waals surface area contributed by atoms with E-state index in [4.69, 9.17) is 0 Å². The maximum Gasteiger partial charge on any atom is 0.271 e. The van der Waals surface area contributed by atoms with Gasteiger partial charge in [-0.1, -0.05) is 0 Å². The van der Waals surface area contributed by atoms with Crippen LogP contribution in [0.4, 0.5) is 0 Å². The number of hydrogen-bond acceptors (Lipinski definition) is 4. The number of rotatable bonds is 3. The zero-order chi connectivity index (χ0) is 13.0. The number of hydrogen-bond donors (Lipinski definition) is 3. The first-order valence-corrected chi connectivity index (χ1v) is 6.16. The molecular weight excluding hydrogens is 234 g/mol. The van der Waals surface area contributed by atoms with E-state index in [9.17, 15) is 14.7 Å². The Morgan fingerprint density at radius 3 is 2.78 bits per heavy atom. The maximum atomic E-state index is 11.7. The zero-order valence-corrected chi connectivity index (χ0v) is 10.1. The third kappa shape index (κ3) is 3.40. The Morgan fingerprint density at radius 1 is 1.44 bits per heavy atom. The van der Waals surface area contributed by atoms with E-state index >= 15 is 0 Å². The molecule has 6 heteroatoms. The minimum atomic E-state index is -0.326. The first-order chi connectivity index (χ1) is 8.65. The summed E-state index contributed by atoms with van der Waals surface area (Å²) in [6.45, 7) is 0.590. The van der Waals surface area contributed by atoms with E-state index in [1.165, 1.54) is 6.20 Å². The summed E-state index contributed by atoms with van der Waals surface area (Å²) in [6, 6.07) is 0. The SMILES string of the molecule is O=C(NCC1CCC(O)CC1)c1c[nH]c(=O)cn1. The van der Waals surface area contributed by atoms with Crippen molar-refractivity contribution in [2.75, 3.05) is 6.54 Å². The zero-order valence-electron chi connectivity index (χ0n) is 10.1. The summed E-state index contributed by atoms with van der Waals surface area (Å²) in [6.07, 6.45) is 5.68. The highest BCUT2D eigenvalue weighted by Gasteiger charge is 2.20. The molecule has 1 aromatic heterocycles. The van der Waals surface area contributed by atoms with Gasteiger partial charge in [0, 0.05) is 12.7 Å². The van der Waals surface area contributed by atoms with Crippen LogP contribution in [0.15, 0.2) is 17.2 Å². The van der Waals surface area contributed by atoms with Gasteiger partial charge < -0.3 is 15.4 Å². The number of aromatic nitrogens is 2. The first kappa shape index (κ1) is 12.8. The van der Waals surface area contributed by atoms with Crippen molar-refractivity contribution < 1.29 is 9.90 Å². The van der Waals surface area contributed by atoms with Gasteiger partial charge in [-0.25, -0.2) is 4.98 Å². The first-order valence-electron chi connectivity index (χ1n) is 6.16. The minimum Gasteiger partial charge on any atom is -0.393 e. The number of nitrogens with one attached hydrogen (secondary N) is 2. The molecule has 1 heterocycles. The topological polar surface area (TPSA) is 95.1 Å². The predicted octanol–water partition coefficient (Wildman–Crippen LogP) is 0.0508. The van der Waals surface area contributed by atoms with Crippen molar-refractivity contribution in [2.45, 2.75) is 31.8 Å². The van der Waals surface area contributed by atoms with Gasteiger partial charge in [0.25, 0.3) is 11.5 Å². The summed E-state index contributed by atoms with van der Waals surface area (Å²) >= 11 is 0. The van der Waals surface area contributed by atoms with Crippen molar-refractivity contribution >= 4 is 5.91 Å². The number of amides is 1. The molecule has 0 unspecified atom stereocenters. The summed E-state index contributed by atoms with van der Waals surface area (Å²) in [5.41, 5.74) is -0.113. The van der Waals surface area contributed by atoms with Crippen molar-refractivity contribution in [3.05, 3.63) is 28.4 Å². The molecule has 2 rings (SSSR count). The Kier molecular flexibility index (Phi) is 4.09. The maximum absolute atomic E-state index is 11.7. The molecule has 1 fully saturated rings. The molecule has 0 spiro atoms. The van der Waals surface area contributed by atoms with Gasteiger partial charge in [-0.05, 0) is 31.6 Å². The van der Waals surface area contributed by atoms with Gasteiger partial charge >= 0.3 is 0 Å². The number of carbonyl (C=O) groups is 1. The smallest absolute Gasteiger partial charge is 0.271 e. The summed E-state index contributed by atoms with van der Waals surface area (Å²) in [4.78, 5) is 28.7. The molecule has 1 aromatic rings. The molecule has 1 saturated carbocycles. The van der Waals surface area contributed by atoms with Crippen molar-refractivity contribution in [1.29, 1.82) is 0 Å². The molecule has 0 saturated heterocycles. The van der Waals surface area contributed by atoms with Crippen molar-refractivity contribution in [3.63, 3.8) is 0 Å². The summed E-state index contributed by atoms with van der Waals surface area (Å²) in [5, 5.41) is 12.2. The molecule has 1 aliphatic carbocycles. The number of carbonyl (C=O) groups excluding carboxylic acids is 1. The Bertz CT molecular complexity index is 443. The molecule has 0 bridgehead atoms. The van der Waals surface area contributed by atoms with E-state index in [-0.39, 0.29) is 23.3 Å². The molecule has 0 aliphatic heterocycles. The Hall–Kier alpha value is -1.69. The summed E-state index contributed by atoms with van der Waals surface area (Å²) in [7, 11) is 0. The monoisotopic (exact) mass is 251 g/mol. The van der Waals surface area contributed by atoms with E-state index < -0.39 is 0 Å². The Morgan fingerprint density at radius 2 is 2.17 bits per heavy atom. The highest BCUT2D eigenvalue weighted by molar-refractivity contribution is 5.91. The van der Waals surface area contributed by atoms with Crippen LogP contribution in [-0.2, 0) is 0 Å². The van der Waals surface area contributed by atoms with Crippen LogP contribution in [0.2, 0.25) is 0 Å². The number of nitrogens with zero attached hydrogens (tertiary/aromatic N) is 1. The number of H-pyrrole nitrogens is 1. The predicted molar refractivity (Wildman–Crippen MR) is 65.2 cm³/mol. The quantitative estimate of drug-likeness (QED) is 0.707. The van der Waals surface area contributed by atoms with Gasteiger partial charge in [-0.15, -0.1) is 0 Å². The summed E-state index contributed by atoms with van der Waals surface area (Å²) in [5.74, 6) is 0.137. The Balaban J connectivity index is 1.81. The second kappa shape index (κ2) is 5.77. The van der Waals surface area contributed by atoms with E-state index in [1.807, 2.05) is 0 Å². The van der Waals surface area contributed by atoms with Crippen LogP contribution >= 0.6 is 0 Å². The molecule has 18 heavy (non-hydrogen) atoms. The number of aromatic amines is 1. The molecule has 0 aromatic carbocycles. The highest BCUT2D eigenvalue weighted by atomic mass is 16.3. The molecule has 0 atom stereocenters. The van der Waals surface area contributed by atoms with Gasteiger partial charge in [0.2, 0.25) is 0 Å². The van der Waals surface area contributed by atoms with E-state index in [0.717, 1.165) is 31.9 Å². The lowest BCUT2D eigenvalue weighted by Crippen LogP contribution is -2.32.